The maximum atomic E-state index is 4.37. The van der Waals surface area contributed by atoms with Gasteiger partial charge in [-0.1, -0.05) is 0 Å². The Labute approximate surface area is 101 Å². The normalized spacial score (nSPS) is 19.8. The van der Waals surface area contributed by atoms with Crippen LogP contribution in [0.15, 0.2) is 6.07 Å². The summed E-state index contributed by atoms with van der Waals surface area (Å²) >= 11 is 2.04. The monoisotopic (exact) mass is 238 g/mol. The summed E-state index contributed by atoms with van der Waals surface area (Å²) in [5, 5.41) is 6.44. The van der Waals surface area contributed by atoms with E-state index in [0.717, 1.165) is 29.9 Å². The number of aromatic nitrogens is 2. The zero-order valence-corrected chi connectivity index (χ0v) is 10.6. The highest BCUT2D eigenvalue weighted by Crippen LogP contribution is 2.23. The summed E-state index contributed by atoms with van der Waals surface area (Å²) in [6.45, 7) is 2.93. The number of aryl methyl sites for hydroxylation is 1. The molecule has 4 nitrogen and oxygen atoms in total. The fraction of sp³-hybridized carbons (Fsp3) is 0.636. The van der Waals surface area contributed by atoms with Crippen LogP contribution in [0.3, 0.4) is 0 Å². The first-order valence-electron chi connectivity index (χ1n) is 5.63. The van der Waals surface area contributed by atoms with E-state index in [1.54, 1.807) is 0 Å². The molecule has 1 aromatic heterocycles. The van der Waals surface area contributed by atoms with Crippen LogP contribution in [0.2, 0.25) is 0 Å². The van der Waals surface area contributed by atoms with Crippen molar-refractivity contribution in [2.45, 2.75) is 13.3 Å². The Kier molecular flexibility index (Phi) is 3.88. The van der Waals surface area contributed by atoms with Gasteiger partial charge in [0.1, 0.15) is 17.5 Å². The van der Waals surface area contributed by atoms with Gasteiger partial charge in [0.15, 0.2) is 0 Å². The second kappa shape index (κ2) is 5.39. The predicted molar refractivity (Wildman–Crippen MR) is 70.2 cm³/mol. The molecule has 2 N–H and O–H groups in total. The van der Waals surface area contributed by atoms with Crippen molar-refractivity contribution in [3.05, 3.63) is 11.9 Å². The van der Waals surface area contributed by atoms with Gasteiger partial charge in [-0.05, 0) is 30.8 Å². The van der Waals surface area contributed by atoms with Gasteiger partial charge in [-0.25, -0.2) is 9.97 Å². The Morgan fingerprint density at radius 2 is 2.25 bits per heavy atom. The van der Waals surface area contributed by atoms with Crippen LogP contribution < -0.4 is 10.6 Å². The molecular weight excluding hydrogens is 220 g/mol. The minimum Gasteiger partial charge on any atom is -0.373 e. The maximum absolute atomic E-state index is 4.37. The second-order valence-corrected chi connectivity index (χ2v) is 5.20. The molecule has 1 aliphatic heterocycles. The first-order chi connectivity index (χ1) is 7.78. The SMILES string of the molecule is CNc1cc(NCC2CCSC2)nc(C)n1. The van der Waals surface area contributed by atoms with Gasteiger partial charge < -0.3 is 10.6 Å². The second-order valence-electron chi connectivity index (χ2n) is 4.05. The van der Waals surface area contributed by atoms with Crippen molar-refractivity contribution in [2.75, 3.05) is 35.7 Å². The molecule has 88 valence electrons. The highest BCUT2D eigenvalue weighted by Gasteiger charge is 2.15. The molecule has 0 bridgehead atoms. The van der Waals surface area contributed by atoms with Crippen LogP contribution in [0.1, 0.15) is 12.2 Å². The lowest BCUT2D eigenvalue weighted by molar-refractivity contribution is 0.630. The largest absolute Gasteiger partial charge is 0.373 e. The highest BCUT2D eigenvalue weighted by molar-refractivity contribution is 7.99. The quantitative estimate of drug-likeness (QED) is 0.840. The summed E-state index contributed by atoms with van der Waals surface area (Å²) in [7, 11) is 1.87. The average molecular weight is 238 g/mol. The van der Waals surface area contributed by atoms with Crippen molar-refractivity contribution in [3.8, 4) is 0 Å². The van der Waals surface area contributed by atoms with Crippen molar-refractivity contribution in [2.24, 2.45) is 5.92 Å². The molecule has 0 aliphatic carbocycles. The molecule has 0 radical (unpaired) electrons. The van der Waals surface area contributed by atoms with Crippen molar-refractivity contribution in [3.63, 3.8) is 0 Å². The topological polar surface area (TPSA) is 49.8 Å². The zero-order chi connectivity index (χ0) is 11.4. The third-order valence-corrected chi connectivity index (χ3v) is 3.92. The molecule has 1 saturated heterocycles. The fourth-order valence-electron chi connectivity index (χ4n) is 1.78. The Bertz CT molecular complexity index is 350. The van der Waals surface area contributed by atoms with Crippen LogP contribution in [0.4, 0.5) is 11.6 Å². The number of hydrogen-bond donors (Lipinski definition) is 2. The van der Waals surface area contributed by atoms with Gasteiger partial charge in [-0.2, -0.15) is 11.8 Å². The lowest BCUT2D eigenvalue weighted by Crippen LogP contribution is -2.15. The van der Waals surface area contributed by atoms with E-state index < -0.39 is 0 Å². The molecule has 2 heterocycles. The minimum absolute atomic E-state index is 0.790. The lowest BCUT2D eigenvalue weighted by atomic mass is 10.1. The minimum atomic E-state index is 0.790. The van der Waals surface area contributed by atoms with E-state index in [1.165, 1.54) is 17.9 Å². The zero-order valence-electron chi connectivity index (χ0n) is 9.79. The first kappa shape index (κ1) is 11.5. The number of rotatable bonds is 4. The summed E-state index contributed by atoms with van der Waals surface area (Å²) in [5.74, 6) is 5.96. The molecule has 0 amide bonds. The van der Waals surface area contributed by atoms with Gasteiger partial charge in [0, 0.05) is 19.7 Å². The van der Waals surface area contributed by atoms with E-state index in [9.17, 15) is 0 Å². The highest BCUT2D eigenvalue weighted by atomic mass is 32.2. The molecule has 1 aliphatic rings. The smallest absolute Gasteiger partial charge is 0.131 e. The van der Waals surface area contributed by atoms with Crippen molar-refractivity contribution in [1.29, 1.82) is 0 Å². The van der Waals surface area contributed by atoms with E-state index >= 15 is 0 Å². The van der Waals surface area contributed by atoms with Crippen molar-refractivity contribution < 1.29 is 0 Å². The molecule has 0 saturated carbocycles. The molecule has 0 spiro atoms. The summed E-state index contributed by atoms with van der Waals surface area (Å²) in [5.41, 5.74) is 0. The standard InChI is InChI=1S/C11H18N4S/c1-8-14-10(12-2)5-11(15-8)13-6-9-3-4-16-7-9/h5,9H,3-4,6-7H2,1-2H3,(H2,12,13,14,15). The molecule has 1 atom stereocenters. The van der Waals surface area contributed by atoms with Crippen LogP contribution in [0.5, 0.6) is 0 Å². The number of anilines is 2. The van der Waals surface area contributed by atoms with Gasteiger partial charge in [0.2, 0.25) is 0 Å². The number of thioether (sulfide) groups is 1. The van der Waals surface area contributed by atoms with Gasteiger partial charge in [-0.15, -0.1) is 0 Å². The van der Waals surface area contributed by atoms with Gasteiger partial charge in [-0.3, -0.25) is 0 Å². The summed E-state index contributed by atoms with van der Waals surface area (Å²) in [6.07, 6.45) is 1.32. The molecule has 16 heavy (non-hydrogen) atoms. The van der Waals surface area contributed by atoms with Gasteiger partial charge >= 0.3 is 0 Å². The molecule has 1 fully saturated rings. The van der Waals surface area contributed by atoms with Crippen LogP contribution in [-0.4, -0.2) is 35.1 Å². The molecule has 5 heteroatoms. The number of nitrogens with one attached hydrogen (secondary N) is 2. The van der Waals surface area contributed by atoms with E-state index in [1.807, 2.05) is 31.8 Å². The van der Waals surface area contributed by atoms with Gasteiger partial charge in [0.05, 0.1) is 0 Å². The van der Waals surface area contributed by atoms with Crippen LogP contribution in [0.25, 0.3) is 0 Å². The van der Waals surface area contributed by atoms with Crippen molar-refractivity contribution >= 4 is 23.4 Å². The summed E-state index contributed by atoms with van der Waals surface area (Å²) < 4.78 is 0. The number of nitrogens with zero attached hydrogens (tertiary/aromatic N) is 2. The van der Waals surface area contributed by atoms with Crippen LogP contribution >= 0.6 is 11.8 Å². The Morgan fingerprint density at radius 3 is 2.94 bits per heavy atom. The van der Waals surface area contributed by atoms with E-state index in [2.05, 4.69) is 20.6 Å². The van der Waals surface area contributed by atoms with Crippen LogP contribution in [-0.2, 0) is 0 Å². The third-order valence-electron chi connectivity index (χ3n) is 2.69. The van der Waals surface area contributed by atoms with Crippen molar-refractivity contribution in [1.82, 2.24) is 9.97 Å². The Morgan fingerprint density at radius 1 is 1.44 bits per heavy atom. The third kappa shape index (κ3) is 3.01. The summed E-state index contributed by atoms with van der Waals surface area (Å²) in [4.78, 5) is 8.64. The fourth-order valence-corrected chi connectivity index (χ4v) is 3.06. The predicted octanol–water partition coefficient (Wildman–Crippen LogP) is 1.99. The summed E-state index contributed by atoms with van der Waals surface area (Å²) in [6, 6.07) is 1.95. The number of hydrogen-bond acceptors (Lipinski definition) is 5. The van der Waals surface area contributed by atoms with Crippen LogP contribution in [0, 0.1) is 12.8 Å². The molecule has 1 unspecified atom stereocenters. The van der Waals surface area contributed by atoms with E-state index in [-0.39, 0.29) is 0 Å². The molecule has 0 aromatic carbocycles. The van der Waals surface area contributed by atoms with E-state index in [0.29, 0.717) is 0 Å². The Hall–Kier alpha value is -0.970. The molecular formula is C11H18N4S. The maximum Gasteiger partial charge on any atom is 0.131 e. The molecule has 1 aromatic rings. The van der Waals surface area contributed by atoms with E-state index in [4.69, 9.17) is 0 Å². The Balaban J connectivity index is 1.94. The first-order valence-corrected chi connectivity index (χ1v) is 6.78. The molecule has 2 rings (SSSR count). The van der Waals surface area contributed by atoms with Gasteiger partial charge in [0.25, 0.3) is 0 Å². The average Bonchev–Trinajstić information content (AvgIpc) is 2.78. The lowest BCUT2D eigenvalue weighted by Gasteiger charge is -2.11.